The van der Waals surface area contributed by atoms with Crippen LogP contribution >= 0.6 is 11.8 Å². The average molecular weight is 406 g/mol. The molecule has 0 fully saturated rings. The molecule has 7 heteroatoms. The van der Waals surface area contributed by atoms with Crippen molar-refractivity contribution in [2.24, 2.45) is 0 Å². The fourth-order valence-corrected chi connectivity index (χ4v) is 4.34. The van der Waals surface area contributed by atoms with E-state index in [0.717, 1.165) is 24.1 Å². The minimum atomic E-state index is -0.322. The highest BCUT2D eigenvalue weighted by atomic mass is 32.2. The van der Waals surface area contributed by atoms with Gasteiger partial charge < -0.3 is 5.32 Å². The Labute approximate surface area is 174 Å². The number of hydrogen-bond donors (Lipinski definition) is 1. The summed E-state index contributed by atoms with van der Waals surface area (Å²) in [5.74, 6) is 0.663. The van der Waals surface area contributed by atoms with Crippen molar-refractivity contribution < 1.29 is 4.79 Å². The number of carbonyl (C=O) groups is 1. The number of thioether (sulfide) groups is 1. The van der Waals surface area contributed by atoms with Crippen LogP contribution in [-0.4, -0.2) is 30.9 Å². The van der Waals surface area contributed by atoms with Crippen molar-refractivity contribution in [2.75, 3.05) is 5.32 Å². The Kier molecular flexibility index (Phi) is 5.76. The SMILES string of the molecule is C=CCn1c(S[C@@H](C)C(=O)Nc2ccc3c(c2)CCC3)nnc1-c1cccnc1. The zero-order valence-corrected chi connectivity index (χ0v) is 17.2. The van der Waals surface area contributed by atoms with Crippen molar-refractivity contribution in [1.82, 2.24) is 19.7 Å². The van der Waals surface area contributed by atoms with Gasteiger partial charge in [0.15, 0.2) is 11.0 Å². The van der Waals surface area contributed by atoms with Gasteiger partial charge in [0.2, 0.25) is 5.91 Å². The molecule has 1 aromatic carbocycles. The van der Waals surface area contributed by atoms with Gasteiger partial charge in [-0.25, -0.2) is 0 Å². The molecule has 148 valence electrons. The average Bonchev–Trinajstić information content (AvgIpc) is 3.36. The highest BCUT2D eigenvalue weighted by molar-refractivity contribution is 8.00. The molecule has 1 aliphatic rings. The predicted molar refractivity (Wildman–Crippen MR) is 116 cm³/mol. The summed E-state index contributed by atoms with van der Waals surface area (Å²) in [7, 11) is 0. The van der Waals surface area contributed by atoms with Gasteiger partial charge in [-0.2, -0.15) is 0 Å². The number of rotatable bonds is 7. The molecule has 4 rings (SSSR count). The Hall–Kier alpha value is -2.93. The summed E-state index contributed by atoms with van der Waals surface area (Å²) >= 11 is 1.39. The van der Waals surface area contributed by atoms with Crippen LogP contribution in [0.15, 0.2) is 60.5 Å². The first kappa shape index (κ1) is 19.4. The second-order valence-corrected chi connectivity index (χ2v) is 8.34. The normalized spacial score (nSPS) is 13.7. The Balaban J connectivity index is 1.49. The zero-order chi connectivity index (χ0) is 20.2. The standard InChI is InChI=1S/C22H23N5OS/c1-3-12-27-20(18-8-5-11-23-14-18)25-26-22(27)29-15(2)21(28)24-19-10-9-16-6-4-7-17(16)13-19/h3,5,8-11,13-15H,1,4,6-7,12H2,2H3,(H,24,28)/t15-/m0/s1. The highest BCUT2D eigenvalue weighted by Gasteiger charge is 2.21. The summed E-state index contributed by atoms with van der Waals surface area (Å²) in [5.41, 5.74) is 4.47. The molecule has 0 unspecified atom stereocenters. The number of aryl methyl sites for hydroxylation is 2. The maximum absolute atomic E-state index is 12.7. The predicted octanol–water partition coefficient (Wildman–Crippen LogP) is 4.13. The number of aromatic nitrogens is 4. The van der Waals surface area contributed by atoms with E-state index in [-0.39, 0.29) is 11.2 Å². The number of fused-ring (bicyclic) bond motifs is 1. The molecule has 3 aromatic rings. The summed E-state index contributed by atoms with van der Waals surface area (Å²) in [6, 6.07) is 10.0. The van der Waals surface area contributed by atoms with Crippen molar-refractivity contribution in [3.05, 3.63) is 66.5 Å². The minimum absolute atomic E-state index is 0.0518. The molecule has 2 heterocycles. The summed E-state index contributed by atoms with van der Waals surface area (Å²) in [5, 5.41) is 12.0. The lowest BCUT2D eigenvalue weighted by Gasteiger charge is -2.13. The molecule has 6 nitrogen and oxygen atoms in total. The van der Waals surface area contributed by atoms with E-state index in [1.165, 1.54) is 29.3 Å². The first-order valence-corrected chi connectivity index (χ1v) is 10.6. The van der Waals surface area contributed by atoms with E-state index in [9.17, 15) is 4.79 Å². The lowest BCUT2D eigenvalue weighted by Crippen LogP contribution is -2.23. The molecule has 1 atom stereocenters. The van der Waals surface area contributed by atoms with Crippen LogP contribution in [0.5, 0.6) is 0 Å². The largest absolute Gasteiger partial charge is 0.325 e. The fourth-order valence-electron chi connectivity index (χ4n) is 3.48. The molecule has 0 saturated carbocycles. The molecule has 29 heavy (non-hydrogen) atoms. The molecular formula is C22H23N5OS. The number of pyridine rings is 1. The fraction of sp³-hybridized carbons (Fsp3) is 0.273. The molecule has 0 saturated heterocycles. The third kappa shape index (κ3) is 4.24. The Morgan fingerprint density at radius 1 is 1.31 bits per heavy atom. The number of nitrogens with one attached hydrogen (secondary N) is 1. The van der Waals surface area contributed by atoms with Gasteiger partial charge in [0.25, 0.3) is 0 Å². The van der Waals surface area contributed by atoms with Gasteiger partial charge in [-0.1, -0.05) is 23.9 Å². The smallest absolute Gasteiger partial charge is 0.237 e. The Morgan fingerprint density at radius 3 is 2.97 bits per heavy atom. The quantitative estimate of drug-likeness (QED) is 0.473. The van der Waals surface area contributed by atoms with Crippen molar-refractivity contribution >= 4 is 23.4 Å². The van der Waals surface area contributed by atoms with Crippen LogP contribution in [-0.2, 0) is 24.2 Å². The van der Waals surface area contributed by atoms with Crippen molar-refractivity contribution in [3.63, 3.8) is 0 Å². The summed E-state index contributed by atoms with van der Waals surface area (Å²) < 4.78 is 1.95. The maximum atomic E-state index is 12.7. The molecule has 1 aliphatic carbocycles. The lowest BCUT2D eigenvalue weighted by atomic mass is 10.1. The number of amides is 1. The van der Waals surface area contributed by atoms with E-state index in [2.05, 4.69) is 39.2 Å². The number of nitrogens with zero attached hydrogens (tertiary/aromatic N) is 4. The van der Waals surface area contributed by atoms with E-state index in [1.54, 1.807) is 18.5 Å². The van der Waals surface area contributed by atoms with E-state index < -0.39 is 0 Å². The van der Waals surface area contributed by atoms with Gasteiger partial charge in [-0.15, -0.1) is 16.8 Å². The molecular weight excluding hydrogens is 382 g/mol. The van der Waals surface area contributed by atoms with E-state index in [1.807, 2.05) is 29.7 Å². The van der Waals surface area contributed by atoms with Gasteiger partial charge in [-0.05, 0) is 61.6 Å². The second-order valence-electron chi connectivity index (χ2n) is 7.03. The van der Waals surface area contributed by atoms with Crippen LogP contribution < -0.4 is 5.32 Å². The summed E-state index contributed by atoms with van der Waals surface area (Å²) in [4.78, 5) is 16.9. The molecule has 0 bridgehead atoms. The lowest BCUT2D eigenvalue weighted by molar-refractivity contribution is -0.115. The number of carbonyl (C=O) groups excluding carboxylic acids is 1. The highest BCUT2D eigenvalue weighted by Crippen LogP contribution is 2.28. The van der Waals surface area contributed by atoms with Gasteiger partial charge in [0, 0.05) is 30.2 Å². The number of anilines is 1. The van der Waals surface area contributed by atoms with Crippen LogP contribution in [0.25, 0.3) is 11.4 Å². The van der Waals surface area contributed by atoms with Gasteiger partial charge in [-0.3, -0.25) is 14.3 Å². The maximum Gasteiger partial charge on any atom is 0.237 e. The third-order valence-corrected chi connectivity index (χ3v) is 6.05. The molecule has 1 N–H and O–H groups in total. The van der Waals surface area contributed by atoms with E-state index in [0.29, 0.717) is 17.5 Å². The first-order valence-electron chi connectivity index (χ1n) is 9.69. The van der Waals surface area contributed by atoms with Crippen LogP contribution in [0.1, 0.15) is 24.5 Å². The van der Waals surface area contributed by atoms with E-state index in [4.69, 9.17) is 0 Å². The van der Waals surface area contributed by atoms with Crippen molar-refractivity contribution in [2.45, 2.75) is 43.1 Å². The Bertz CT molecular complexity index is 1030. The van der Waals surface area contributed by atoms with E-state index >= 15 is 0 Å². The molecule has 2 aromatic heterocycles. The van der Waals surface area contributed by atoms with Crippen LogP contribution in [0.3, 0.4) is 0 Å². The third-order valence-electron chi connectivity index (χ3n) is 4.97. The number of allylic oxidation sites excluding steroid dienone is 1. The van der Waals surface area contributed by atoms with Crippen molar-refractivity contribution in [3.8, 4) is 11.4 Å². The molecule has 0 spiro atoms. The summed E-state index contributed by atoms with van der Waals surface area (Å²) in [6.45, 7) is 6.26. The van der Waals surface area contributed by atoms with Gasteiger partial charge in [0.1, 0.15) is 0 Å². The molecule has 0 aliphatic heterocycles. The second kappa shape index (κ2) is 8.61. The molecule has 0 radical (unpaired) electrons. The minimum Gasteiger partial charge on any atom is -0.325 e. The van der Waals surface area contributed by atoms with Crippen LogP contribution in [0, 0.1) is 0 Å². The van der Waals surface area contributed by atoms with Gasteiger partial charge >= 0.3 is 0 Å². The number of hydrogen-bond acceptors (Lipinski definition) is 5. The number of benzene rings is 1. The first-order chi connectivity index (χ1) is 14.2. The van der Waals surface area contributed by atoms with Crippen LogP contribution in [0.4, 0.5) is 5.69 Å². The van der Waals surface area contributed by atoms with Gasteiger partial charge in [0.05, 0.1) is 5.25 Å². The monoisotopic (exact) mass is 405 g/mol. The van der Waals surface area contributed by atoms with Crippen molar-refractivity contribution in [1.29, 1.82) is 0 Å². The zero-order valence-electron chi connectivity index (χ0n) is 16.3. The topological polar surface area (TPSA) is 72.7 Å². The summed E-state index contributed by atoms with van der Waals surface area (Å²) in [6.07, 6.45) is 8.68. The Morgan fingerprint density at radius 2 is 2.17 bits per heavy atom. The van der Waals surface area contributed by atoms with Crippen LogP contribution in [0.2, 0.25) is 0 Å². The molecule has 1 amide bonds.